The number of carbonyl (C=O) groups is 1. The molecule has 25 heavy (non-hydrogen) atoms. The molecule has 2 aromatic carbocycles. The van der Waals surface area contributed by atoms with Crippen molar-refractivity contribution < 1.29 is 4.79 Å². The Labute approximate surface area is 149 Å². The zero-order chi connectivity index (χ0) is 17.2. The second-order valence-corrected chi connectivity index (χ2v) is 6.44. The molecular formula is C20H15N3OS. The van der Waals surface area contributed by atoms with Crippen LogP contribution < -0.4 is 5.32 Å². The lowest BCUT2D eigenvalue weighted by Crippen LogP contribution is -2.12. The van der Waals surface area contributed by atoms with Crippen molar-refractivity contribution in [2.45, 2.75) is 6.92 Å². The lowest BCUT2D eigenvalue weighted by molar-refractivity contribution is 0.102. The summed E-state index contributed by atoms with van der Waals surface area (Å²) < 4.78 is 0. The largest absolute Gasteiger partial charge is 0.319 e. The number of amides is 1. The Morgan fingerprint density at radius 2 is 1.92 bits per heavy atom. The van der Waals surface area contributed by atoms with Crippen LogP contribution in [0.1, 0.15) is 16.1 Å². The summed E-state index contributed by atoms with van der Waals surface area (Å²) in [5.41, 5.74) is 6.66. The van der Waals surface area contributed by atoms with Gasteiger partial charge >= 0.3 is 0 Å². The molecule has 0 saturated carbocycles. The van der Waals surface area contributed by atoms with Crippen molar-refractivity contribution in [1.29, 1.82) is 0 Å². The first kappa shape index (κ1) is 15.5. The number of nitrogens with zero attached hydrogens (tertiary/aromatic N) is 2. The number of fused-ring (bicyclic) bond motifs is 1. The Kier molecular flexibility index (Phi) is 3.99. The maximum absolute atomic E-state index is 12.3. The predicted octanol–water partition coefficient (Wildman–Crippen LogP) is 4.92. The number of rotatable bonds is 3. The third kappa shape index (κ3) is 3.02. The molecule has 0 saturated heterocycles. The first-order chi connectivity index (χ1) is 12.2. The van der Waals surface area contributed by atoms with Crippen LogP contribution in [0.15, 0.2) is 65.5 Å². The molecule has 0 spiro atoms. The van der Waals surface area contributed by atoms with Crippen LogP contribution in [-0.4, -0.2) is 15.9 Å². The molecular weight excluding hydrogens is 330 g/mol. The second kappa shape index (κ2) is 6.45. The number of anilines is 1. The van der Waals surface area contributed by atoms with Gasteiger partial charge in [-0.2, -0.15) is 0 Å². The Bertz CT molecular complexity index is 1060. The van der Waals surface area contributed by atoms with E-state index < -0.39 is 0 Å². The number of para-hydroxylation sites is 1. The monoisotopic (exact) mass is 345 g/mol. The average molecular weight is 345 g/mol. The normalized spacial score (nSPS) is 10.8. The van der Waals surface area contributed by atoms with Crippen molar-refractivity contribution in [2.75, 3.05) is 5.32 Å². The Morgan fingerprint density at radius 1 is 1.04 bits per heavy atom. The van der Waals surface area contributed by atoms with E-state index in [1.165, 1.54) is 16.9 Å². The summed E-state index contributed by atoms with van der Waals surface area (Å²) in [6.45, 7) is 2.07. The zero-order valence-corrected chi connectivity index (χ0v) is 14.4. The van der Waals surface area contributed by atoms with E-state index >= 15 is 0 Å². The number of pyridine rings is 1. The first-order valence-electron chi connectivity index (χ1n) is 7.88. The molecule has 1 N–H and O–H groups in total. The number of carbonyl (C=O) groups excluding carboxylic acids is 1. The summed E-state index contributed by atoms with van der Waals surface area (Å²) in [6, 6.07) is 17.9. The van der Waals surface area contributed by atoms with Crippen molar-refractivity contribution in [2.24, 2.45) is 0 Å². The molecule has 4 rings (SSSR count). The fourth-order valence-electron chi connectivity index (χ4n) is 2.77. The SMILES string of the molecule is Cc1ccccc1-c1ccc2cccc(NC(=O)c3cscn3)c2n1. The predicted molar refractivity (Wildman–Crippen MR) is 102 cm³/mol. The molecule has 0 aliphatic heterocycles. The quantitative estimate of drug-likeness (QED) is 0.573. The van der Waals surface area contributed by atoms with Crippen LogP contribution in [0.5, 0.6) is 0 Å². The maximum Gasteiger partial charge on any atom is 0.275 e. The molecule has 4 aromatic rings. The number of hydrogen-bond donors (Lipinski definition) is 1. The third-order valence-corrected chi connectivity index (χ3v) is 4.64. The summed E-state index contributed by atoms with van der Waals surface area (Å²) >= 11 is 1.40. The molecule has 0 aliphatic rings. The molecule has 2 aromatic heterocycles. The highest BCUT2D eigenvalue weighted by molar-refractivity contribution is 7.07. The van der Waals surface area contributed by atoms with Gasteiger partial charge in [-0.15, -0.1) is 11.3 Å². The van der Waals surface area contributed by atoms with Gasteiger partial charge in [0.15, 0.2) is 0 Å². The zero-order valence-electron chi connectivity index (χ0n) is 13.6. The van der Waals surface area contributed by atoms with Gasteiger partial charge in [-0.1, -0.05) is 42.5 Å². The van der Waals surface area contributed by atoms with Gasteiger partial charge in [0.05, 0.1) is 22.4 Å². The topological polar surface area (TPSA) is 54.9 Å². The van der Waals surface area contributed by atoms with Crippen LogP contribution in [0.3, 0.4) is 0 Å². The molecule has 4 nitrogen and oxygen atoms in total. The summed E-state index contributed by atoms with van der Waals surface area (Å²) in [5, 5.41) is 5.63. The van der Waals surface area contributed by atoms with E-state index in [4.69, 9.17) is 4.98 Å². The van der Waals surface area contributed by atoms with Crippen molar-refractivity contribution in [3.8, 4) is 11.3 Å². The van der Waals surface area contributed by atoms with Crippen molar-refractivity contribution in [3.63, 3.8) is 0 Å². The third-order valence-electron chi connectivity index (χ3n) is 4.05. The molecule has 0 atom stereocenters. The minimum absolute atomic E-state index is 0.225. The summed E-state index contributed by atoms with van der Waals surface area (Å²) in [7, 11) is 0. The number of benzene rings is 2. The van der Waals surface area contributed by atoms with Crippen LogP contribution in [-0.2, 0) is 0 Å². The molecule has 0 aliphatic carbocycles. The highest BCUT2D eigenvalue weighted by Crippen LogP contribution is 2.27. The van der Waals surface area contributed by atoms with E-state index in [0.29, 0.717) is 11.4 Å². The average Bonchev–Trinajstić information content (AvgIpc) is 3.17. The van der Waals surface area contributed by atoms with Crippen LogP contribution in [0.4, 0.5) is 5.69 Å². The number of aryl methyl sites for hydroxylation is 1. The summed E-state index contributed by atoms with van der Waals surface area (Å²) in [6.07, 6.45) is 0. The van der Waals surface area contributed by atoms with Gasteiger partial charge in [0.2, 0.25) is 0 Å². The molecule has 0 bridgehead atoms. The lowest BCUT2D eigenvalue weighted by atomic mass is 10.0. The molecule has 0 fully saturated rings. The minimum Gasteiger partial charge on any atom is -0.319 e. The summed E-state index contributed by atoms with van der Waals surface area (Å²) in [5.74, 6) is -0.225. The van der Waals surface area contributed by atoms with Crippen LogP contribution in [0, 0.1) is 6.92 Å². The molecule has 1 amide bonds. The molecule has 0 unspecified atom stereocenters. The number of hydrogen-bond acceptors (Lipinski definition) is 4. The summed E-state index contributed by atoms with van der Waals surface area (Å²) in [4.78, 5) is 21.2. The van der Waals surface area contributed by atoms with Gasteiger partial charge in [-0.25, -0.2) is 9.97 Å². The smallest absolute Gasteiger partial charge is 0.275 e. The number of thiazole rings is 1. The van der Waals surface area contributed by atoms with Gasteiger partial charge in [0, 0.05) is 16.3 Å². The second-order valence-electron chi connectivity index (χ2n) is 5.72. The van der Waals surface area contributed by atoms with E-state index in [1.54, 1.807) is 10.9 Å². The maximum atomic E-state index is 12.3. The van der Waals surface area contributed by atoms with Crippen molar-refractivity contribution >= 4 is 33.8 Å². The highest BCUT2D eigenvalue weighted by atomic mass is 32.1. The Hall–Kier alpha value is -3.05. The van der Waals surface area contributed by atoms with E-state index in [0.717, 1.165) is 22.2 Å². The van der Waals surface area contributed by atoms with Crippen LogP contribution in [0.25, 0.3) is 22.2 Å². The van der Waals surface area contributed by atoms with E-state index in [9.17, 15) is 4.79 Å². The first-order valence-corrected chi connectivity index (χ1v) is 8.82. The number of nitrogens with one attached hydrogen (secondary N) is 1. The van der Waals surface area contributed by atoms with Gasteiger partial charge in [0.1, 0.15) is 5.69 Å². The molecule has 0 radical (unpaired) electrons. The molecule has 5 heteroatoms. The van der Waals surface area contributed by atoms with Crippen molar-refractivity contribution in [1.82, 2.24) is 9.97 Å². The van der Waals surface area contributed by atoms with E-state index in [2.05, 4.69) is 29.4 Å². The fraction of sp³-hybridized carbons (Fsp3) is 0.0500. The highest BCUT2D eigenvalue weighted by Gasteiger charge is 2.12. The van der Waals surface area contributed by atoms with Gasteiger partial charge in [-0.05, 0) is 24.6 Å². The Balaban J connectivity index is 1.79. The van der Waals surface area contributed by atoms with E-state index in [-0.39, 0.29) is 5.91 Å². The fourth-order valence-corrected chi connectivity index (χ4v) is 3.30. The van der Waals surface area contributed by atoms with Gasteiger partial charge < -0.3 is 5.32 Å². The molecule has 2 heterocycles. The molecule has 122 valence electrons. The standard InChI is InChI=1S/C20H15N3OS/c1-13-5-2-3-7-15(13)16-10-9-14-6-4-8-17(19(14)22-16)23-20(24)18-11-25-12-21-18/h2-12H,1H3,(H,23,24). The number of aromatic nitrogens is 2. The van der Waals surface area contributed by atoms with Crippen LogP contribution >= 0.6 is 11.3 Å². The van der Waals surface area contributed by atoms with Crippen LogP contribution in [0.2, 0.25) is 0 Å². The van der Waals surface area contributed by atoms with Gasteiger partial charge in [0.25, 0.3) is 5.91 Å². The lowest BCUT2D eigenvalue weighted by Gasteiger charge is -2.10. The minimum atomic E-state index is -0.225. The van der Waals surface area contributed by atoms with Gasteiger partial charge in [-0.3, -0.25) is 4.79 Å². The van der Waals surface area contributed by atoms with Crippen molar-refractivity contribution in [3.05, 3.63) is 76.7 Å². The Morgan fingerprint density at radius 3 is 2.72 bits per heavy atom. The van der Waals surface area contributed by atoms with E-state index in [1.807, 2.05) is 42.5 Å².